The normalized spacial score (nSPS) is 12.1. The number of sulfonamides is 1. The number of alkyl halides is 3. The largest absolute Gasteiger partial charge is 0.417 e. The lowest BCUT2D eigenvalue weighted by molar-refractivity contribution is -0.137. The molecule has 1 amide bonds. The zero-order valence-corrected chi connectivity index (χ0v) is 25.7. The van der Waals surface area contributed by atoms with E-state index in [1.165, 1.54) is 18.3 Å². The first-order valence-corrected chi connectivity index (χ1v) is 15.0. The fourth-order valence-corrected chi connectivity index (χ4v) is 6.44. The van der Waals surface area contributed by atoms with Gasteiger partial charge in [-0.05, 0) is 82.1 Å². The van der Waals surface area contributed by atoms with E-state index >= 15 is 0 Å². The highest BCUT2D eigenvalue weighted by Gasteiger charge is 2.35. The molecule has 1 N–H and O–H groups in total. The number of halogens is 4. The van der Waals surface area contributed by atoms with E-state index in [-0.39, 0.29) is 10.6 Å². The van der Waals surface area contributed by atoms with Crippen LogP contribution in [0.4, 0.5) is 18.9 Å². The van der Waals surface area contributed by atoms with E-state index in [1.54, 1.807) is 19.1 Å². The highest BCUT2D eigenvalue weighted by atomic mass is 35.5. The zero-order chi connectivity index (χ0) is 31.7. The molecule has 0 aliphatic rings. The average Bonchev–Trinajstić information content (AvgIpc) is 3.19. The third-order valence-corrected chi connectivity index (χ3v) is 9.08. The fourth-order valence-electron chi connectivity index (χ4n) is 4.80. The number of benzene rings is 3. The maximum absolute atomic E-state index is 13.6. The number of para-hydroxylation sites is 1. The van der Waals surface area contributed by atoms with Crippen LogP contribution in [0.1, 0.15) is 39.2 Å². The number of carbonyl (C=O) groups excluding carboxylic acids is 1. The first-order chi connectivity index (χ1) is 20.1. The molecule has 0 saturated heterocycles. The van der Waals surface area contributed by atoms with Gasteiger partial charge in [0.05, 0.1) is 33.1 Å². The van der Waals surface area contributed by atoms with Crippen molar-refractivity contribution in [2.24, 2.45) is 5.10 Å². The van der Waals surface area contributed by atoms with Crippen molar-refractivity contribution in [3.63, 3.8) is 0 Å². The molecule has 0 bridgehead atoms. The van der Waals surface area contributed by atoms with Crippen LogP contribution in [-0.4, -0.2) is 31.7 Å². The molecule has 226 valence electrons. The number of hydrogen-bond acceptors (Lipinski definition) is 4. The molecule has 43 heavy (non-hydrogen) atoms. The van der Waals surface area contributed by atoms with Crippen LogP contribution in [0.25, 0.3) is 5.69 Å². The summed E-state index contributed by atoms with van der Waals surface area (Å²) in [5.74, 6) is -0.862. The summed E-state index contributed by atoms with van der Waals surface area (Å²) < 4.78 is 70.7. The molecule has 7 nitrogen and oxygen atoms in total. The molecular formula is C31H30ClF3N4O3S. The monoisotopic (exact) mass is 630 g/mol. The summed E-state index contributed by atoms with van der Waals surface area (Å²) in [4.78, 5) is 12.8. The van der Waals surface area contributed by atoms with Gasteiger partial charge in [0.15, 0.2) is 0 Å². The lowest BCUT2D eigenvalue weighted by Gasteiger charge is -2.25. The van der Waals surface area contributed by atoms with Gasteiger partial charge in [-0.25, -0.2) is 13.8 Å². The first-order valence-electron chi connectivity index (χ1n) is 13.1. The summed E-state index contributed by atoms with van der Waals surface area (Å²) >= 11 is 5.76. The average molecular weight is 631 g/mol. The Bertz CT molecular complexity index is 1790. The van der Waals surface area contributed by atoms with E-state index in [0.29, 0.717) is 10.4 Å². The van der Waals surface area contributed by atoms with E-state index in [1.807, 2.05) is 52.0 Å². The summed E-state index contributed by atoms with van der Waals surface area (Å²) in [7, 11) is -4.46. The van der Waals surface area contributed by atoms with Crippen molar-refractivity contribution >= 4 is 39.4 Å². The smallest absolute Gasteiger partial charge is 0.317 e. The fraction of sp³-hybridized carbons (Fsp3) is 0.226. The van der Waals surface area contributed by atoms with Crippen molar-refractivity contribution in [1.82, 2.24) is 9.99 Å². The molecule has 4 aromatic rings. The molecule has 1 heterocycles. The van der Waals surface area contributed by atoms with E-state index < -0.39 is 39.2 Å². The van der Waals surface area contributed by atoms with Crippen LogP contribution in [0.2, 0.25) is 5.02 Å². The number of amides is 1. The van der Waals surface area contributed by atoms with Gasteiger partial charge in [0.1, 0.15) is 6.54 Å². The third kappa shape index (κ3) is 6.78. The van der Waals surface area contributed by atoms with Crippen molar-refractivity contribution in [2.75, 3.05) is 10.8 Å². The standard InChI is InChI=1S/C31H30ClF3N4O3S/c1-19-9-12-26(13-10-19)43(41,42)38(25-11-14-28(32)27(16-25)31(33,34)35)18-29(40)37-36-17-24-15-22(4)39(23(24)5)30-20(2)7-6-8-21(30)3/h6-17H,18H2,1-5H3,(H,37,40)/b36-17-. The maximum Gasteiger partial charge on any atom is 0.417 e. The number of nitrogens with one attached hydrogen (secondary N) is 1. The molecule has 12 heteroatoms. The third-order valence-electron chi connectivity index (χ3n) is 6.97. The Kier molecular flexibility index (Phi) is 9.08. The van der Waals surface area contributed by atoms with Crippen LogP contribution < -0.4 is 9.73 Å². The van der Waals surface area contributed by atoms with Crippen molar-refractivity contribution < 1.29 is 26.4 Å². The Morgan fingerprint density at radius 2 is 1.60 bits per heavy atom. The van der Waals surface area contributed by atoms with Gasteiger partial charge in [0.25, 0.3) is 15.9 Å². The summed E-state index contributed by atoms with van der Waals surface area (Å²) in [6, 6.07) is 16.3. The molecule has 1 aromatic heterocycles. The SMILES string of the molecule is Cc1ccc(S(=O)(=O)N(CC(=O)N/N=C\c2cc(C)n(-c3c(C)cccc3C)c2C)c2ccc(Cl)c(C(F)(F)F)c2)cc1. The van der Waals surface area contributed by atoms with Crippen molar-refractivity contribution in [3.8, 4) is 5.69 Å². The Balaban J connectivity index is 1.64. The summed E-state index contributed by atoms with van der Waals surface area (Å²) in [5, 5.41) is 3.42. The van der Waals surface area contributed by atoms with Crippen LogP contribution in [0.5, 0.6) is 0 Å². The van der Waals surface area contributed by atoms with Crippen LogP contribution in [0.15, 0.2) is 76.7 Å². The lowest BCUT2D eigenvalue weighted by Crippen LogP contribution is -2.39. The molecular weight excluding hydrogens is 601 g/mol. The highest BCUT2D eigenvalue weighted by Crippen LogP contribution is 2.38. The minimum atomic E-state index is -4.85. The molecule has 0 fully saturated rings. The van der Waals surface area contributed by atoms with Gasteiger partial charge in [-0.2, -0.15) is 18.3 Å². The van der Waals surface area contributed by atoms with Crippen molar-refractivity contribution in [2.45, 2.75) is 45.7 Å². The topological polar surface area (TPSA) is 83.8 Å². The number of nitrogens with zero attached hydrogens (tertiary/aromatic N) is 3. The number of rotatable bonds is 8. The molecule has 0 aliphatic carbocycles. The van der Waals surface area contributed by atoms with E-state index in [4.69, 9.17) is 11.6 Å². The quantitative estimate of drug-likeness (QED) is 0.167. The second-order valence-electron chi connectivity index (χ2n) is 10.2. The number of hydrazone groups is 1. The lowest BCUT2D eigenvalue weighted by atomic mass is 10.1. The van der Waals surface area contributed by atoms with E-state index in [2.05, 4.69) is 15.1 Å². The van der Waals surface area contributed by atoms with Gasteiger partial charge in [0, 0.05) is 17.0 Å². The second kappa shape index (κ2) is 12.3. The molecule has 4 rings (SSSR count). The van der Waals surface area contributed by atoms with Crippen LogP contribution in [0.3, 0.4) is 0 Å². The first kappa shape index (κ1) is 31.8. The van der Waals surface area contributed by atoms with Crippen LogP contribution in [-0.2, 0) is 21.0 Å². The second-order valence-corrected chi connectivity index (χ2v) is 12.5. The maximum atomic E-state index is 13.6. The predicted molar refractivity (Wildman–Crippen MR) is 163 cm³/mol. The molecule has 0 spiro atoms. The van der Waals surface area contributed by atoms with Gasteiger partial charge < -0.3 is 4.57 Å². The molecule has 0 radical (unpaired) electrons. The number of aryl methyl sites for hydroxylation is 4. The number of carbonyl (C=O) groups is 1. The Labute approximate surface area is 253 Å². The Morgan fingerprint density at radius 3 is 2.21 bits per heavy atom. The van der Waals surface area contributed by atoms with E-state index in [0.717, 1.165) is 51.5 Å². The summed E-state index contributed by atoms with van der Waals surface area (Å²) in [6.07, 6.45) is -3.41. The predicted octanol–water partition coefficient (Wildman–Crippen LogP) is 7.04. The van der Waals surface area contributed by atoms with Crippen molar-refractivity contribution in [3.05, 3.63) is 111 Å². The van der Waals surface area contributed by atoms with Gasteiger partial charge >= 0.3 is 6.18 Å². The number of anilines is 1. The van der Waals surface area contributed by atoms with Gasteiger partial charge in [-0.1, -0.05) is 47.5 Å². The Morgan fingerprint density at radius 1 is 0.977 bits per heavy atom. The number of hydrogen-bond donors (Lipinski definition) is 1. The van der Waals surface area contributed by atoms with Gasteiger partial charge in [0.2, 0.25) is 0 Å². The minimum absolute atomic E-state index is 0.197. The minimum Gasteiger partial charge on any atom is -0.317 e. The van der Waals surface area contributed by atoms with Gasteiger partial charge in [-0.3, -0.25) is 9.10 Å². The van der Waals surface area contributed by atoms with Crippen LogP contribution >= 0.6 is 11.6 Å². The number of aromatic nitrogens is 1. The van der Waals surface area contributed by atoms with Crippen LogP contribution in [0, 0.1) is 34.6 Å². The Hall–Kier alpha value is -4.09. The van der Waals surface area contributed by atoms with Gasteiger partial charge in [-0.15, -0.1) is 0 Å². The van der Waals surface area contributed by atoms with E-state index in [9.17, 15) is 26.4 Å². The summed E-state index contributed by atoms with van der Waals surface area (Å²) in [5.41, 5.74) is 7.23. The highest BCUT2D eigenvalue weighted by molar-refractivity contribution is 7.92. The molecule has 0 aliphatic heterocycles. The molecule has 0 unspecified atom stereocenters. The zero-order valence-electron chi connectivity index (χ0n) is 24.1. The van der Waals surface area contributed by atoms with Crippen molar-refractivity contribution in [1.29, 1.82) is 0 Å². The molecule has 0 saturated carbocycles. The molecule has 3 aromatic carbocycles. The molecule has 0 atom stereocenters. The summed E-state index contributed by atoms with van der Waals surface area (Å²) in [6.45, 7) is 8.82.